The molecule has 0 aliphatic carbocycles. The molecule has 0 spiro atoms. The number of esters is 1. The summed E-state index contributed by atoms with van der Waals surface area (Å²) in [6, 6.07) is 5.02. The largest absolute Gasteiger partial charge is 0.467 e. The number of aliphatic hydroxyl groups excluding tert-OH is 1. The number of benzene rings is 1. The molecule has 1 aliphatic heterocycles. The highest BCUT2D eigenvalue weighted by atomic mass is 32.2. The lowest BCUT2D eigenvalue weighted by Gasteiger charge is -2.33. The molecule has 8 nitrogen and oxygen atoms in total. The van der Waals surface area contributed by atoms with Gasteiger partial charge in [0, 0.05) is 24.7 Å². The van der Waals surface area contributed by atoms with E-state index >= 15 is 0 Å². The fourth-order valence-corrected chi connectivity index (χ4v) is 5.03. The number of amides is 1. The van der Waals surface area contributed by atoms with Crippen molar-refractivity contribution in [2.45, 2.75) is 24.5 Å². The standard InChI is InChI=1S/C21H23NO7S/c1-28-20(25)18(21(29-2)12-14-30(26,27)15-21)22-19(24)17-10-8-16(9-11-17)7-5-3-4-6-13-23/h8-11,18,23H,6,12-15H2,1-2H3,(H,22,24). The molecule has 2 rings (SSSR count). The molecule has 0 bridgehead atoms. The van der Waals surface area contributed by atoms with Crippen LogP contribution in [-0.2, 0) is 24.1 Å². The van der Waals surface area contributed by atoms with E-state index in [9.17, 15) is 18.0 Å². The first-order valence-electron chi connectivity index (χ1n) is 9.11. The number of nitrogens with one attached hydrogen (secondary N) is 1. The Morgan fingerprint density at radius 1 is 1.23 bits per heavy atom. The number of ether oxygens (including phenoxy) is 2. The molecule has 1 aromatic carbocycles. The van der Waals surface area contributed by atoms with E-state index in [1.807, 2.05) is 0 Å². The summed E-state index contributed by atoms with van der Waals surface area (Å²) in [5.41, 5.74) is -0.502. The molecule has 2 unspecified atom stereocenters. The molecule has 1 amide bonds. The third kappa shape index (κ3) is 5.83. The molecule has 160 valence electrons. The molecule has 0 saturated carbocycles. The van der Waals surface area contributed by atoms with Crippen molar-refractivity contribution in [3.8, 4) is 23.7 Å². The van der Waals surface area contributed by atoms with Crippen molar-refractivity contribution < 1.29 is 32.6 Å². The van der Waals surface area contributed by atoms with Crippen molar-refractivity contribution in [1.29, 1.82) is 0 Å². The number of rotatable bonds is 6. The summed E-state index contributed by atoms with van der Waals surface area (Å²) in [6.45, 7) is -0.0264. The number of carbonyl (C=O) groups excluding carboxylic acids is 2. The van der Waals surface area contributed by atoms with Crippen LogP contribution in [0.4, 0.5) is 0 Å². The van der Waals surface area contributed by atoms with E-state index in [2.05, 4.69) is 29.0 Å². The second-order valence-electron chi connectivity index (χ2n) is 6.64. The van der Waals surface area contributed by atoms with Crippen LogP contribution in [0, 0.1) is 23.7 Å². The van der Waals surface area contributed by atoms with Gasteiger partial charge in [0.2, 0.25) is 0 Å². The maximum absolute atomic E-state index is 12.7. The molecule has 1 aliphatic rings. The molecule has 2 N–H and O–H groups in total. The zero-order valence-corrected chi connectivity index (χ0v) is 17.5. The number of hydrogen-bond donors (Lipinski definition) is 2. The fourth-order valence-electron chi connectivity index (χ4n) is 3.06. The molecule has 9 heteroatoms. The van der Waals surface area contributed by atoms with Crippen LogP contribution in [0.3, 0.4) is 0 Å². The van der Waals surface area contributed by atoms with E-state index in [-0.39, 0.29) is 30.1 Å². The number of hydrogen-bond acceptors (Lipinski definition) is 7. The second kappa shape index (κ2) is 10.3. The Hall–Kier alpha value is -2.85. The lowest BCUT2D eigenvalue weighted by atomic mass is 9.92. The van der Waals surface area contributed by atoms with Crippen molar-refractivity contribution in [2.24, 2.45) is 0 Å². The van der Waals surface area contributed by atoms with E-state index in [1.165, 1.54) is 19.2 Å². The minimum Gasteiger partial charge on any atom is -0.467 e. The summed E-state index contributed by atoms with van der Waals surface area (Å²) in [6.07, 6.45) is 0.414. The van der Waals surface area contributed by atoms with Crippen LogP contribution < -0.4 is 5.32 Å². The van der Waals surface area contributed by atoms with E-state index in [0.29, 0.717) is 12.0 Å². The van der Waals surface area contributed by atoms with Crippen LogP contribution in [0.25, 0.3) is 0 Å². The minimum atomic E-state index is -3.40. The van der Waals surface area contributed by atoms with Gasteiger partial charge in [-0.25, -0.2) is 13.2 Å². The fraction of sp³-hybridized carbons (Fsp3) is 0.429. The Kier molecular flexibility index (Phi) is 8.01. The second-order valence-corrected chi connectivity index (χ2v) is 8.83. The van der Waals surface area contributed by atoms with Gasteiger partial charge >= 0.3 is 5.97 Å². The quantitative estimate of drug-likeness (QED) is 0.475. The number of sulfone groups is 1. The van der Waals surface area contributed by atoms with Crippen molar-refractivity contribution in [3.05, 3.63) is 35.4 Å². The molecular weight excluding hydrogens is 410 g/mol. The van der Waals surface area contributed by atoms with Crippen molar-refractivity contribution in [1.82, 2.24) is 5.32 Å². The molecule has 2 atom stereocenters. The molecule has 1 aromatic rings. The summed E-state index contributed by atoms with van der Waals surface area (Å²) < 4.78 is 34.1. The normalized spacial score (nSPS) is 20.1. The molecule has 1 saturated heterocycles. The summed E-state index contributed by atoms with van der Waals surface area (Å²) in [5.74, 6) is 8.84. The van der Waals surface area contributed by atoms with Gasteiger partial charge in [-0.3, -0.25) is 4.79 Å². The van der Waals surface area contributed by atoms with E-state index in [4.69, 9.17) is 14.6 Å². The first kappa shape index (κ1) is 23.4. The Morgan fingerprint density at radius 2 is 1.93 bits per heavy atom. The average molecular weight is 433 g/mol. The van der Waals surface area contributed by atoms with Gasteiger partial charge in [-0.05, 0) is 42.5 Å². The Morgan fingerprint density at radius 3 is 2.47 bits per heavy atom. The van der Waals surface area contributed by atoms with Crippen LogP contribution in [0.5, 0.6) is 0 Å². The van der Waals surface area contributed by atoms with Gasteiger partial charge in [0.05, 0.1) is 25.2 Å². The predicted octanol–water partition coefficient (Wildman–Crippen LogP) is -0.101. The Labute approximate surface area is 175 Å². The van der Waals surface area contributed by atoms with Crippen LogP contribution in [0.2, 0.25) is 0 Å². The van der Waals surface area contributed by atoms with Crippen LogP contribution in [-0.4, -0.2) is 69.4 Å². The van der Waals surface area contributed by atoms with Gasteiger partial charge in [-0.1, -0.05) is 11.8 Å². The highest BCUT2D eigenvalue weighted by Crippen LogP contribution is 2.31. The maximum atomic E-state index is 12.7. The number of methoxy groups -OCH3 is 2. The van der Waals surface area contributed by atoms with Crippen LogP contribution in [0.1, 0.15) is 28.8 Å². The van der Waals surface area contributed by atoms with Crippen molar-refractivity contribution in [2.75, 3.05) is 32.3 Å². The maximum Gasteiger partial charge on any atom is 0.331 e. The monoisotopic (exact) mass is 433 g/mol. The predicted molar refractivity (Wildman–Crippen MR) is 109 cm³/mol. The number of carbonyl (C=O) groups is 2. The van der Waals surface area contributed by atoms with Gasteiger partial charge in [0.25, 0.3) is 5.91 Å². The van der Waals surface area contributed by atoms with Gasteiger partial charge < -0.3 is 19.9 Å². The zero-order chi connectivity index (χ0) is 22.2. The topological polar surface area (TPSA) is 119 Å². The third-order valence-electron chi connectivity index (χ3n) is 4.69. The van der Waals surface area contributed by atoms with Gasteiger partial charge in [0.15, 0.2) is 15.9 Å². The molecule has 0 radical (unpaired) electrons. The third-order valence-corrected chi connectivity index (χ3v) is 6.44. The van der Waals surface area contributed by atoms with Gasteiger partial charge in [0.1, 0.15) is 5.60 Å². The highest BCUT2D eigenvalue weighted by Gasteiger charge is 2.52. The van der Waals surface area contributed by atoms with Crippen LogP contribution >= 0.6 is 0 Å². The first-order chi connectivity index (χ1) is 14.3. The number of aliphatic hydroxyl groups is 1. The van der Waals surface area contributed by atoms with Gasteiger partial charge in [-0.15, -0.1) is 0 Å². The average Bonchev–Trinajstić information content (AvgIpc) is 3.07. The summed E-state index contributed by atoms with van der Waals surface area (Å²) in [7, 11) is -0.935. The SMILES string of the molecule is COC(=O)C(NC(=O)c1ccc(C#CC#CCCO)cc1)C1(OC)CCS(=O)(=O)C1. The zero-order valence-electron chi connectivity index (χ0n) is 16.7. The lowest BCUT2D eigenvalue weighted by Crippen LogP contribution is -2.59. The summed E-state index contributed by atoms with van der Waals surface area (Å²) in [5, 5.41) is 11.2. The van der Waals surface area contributed by atoms with Crippen LogP contribution in [0.15, 0.2) is 24.3 Å². The minimum absolute atomic E-state index is 0.0264. The molecular formula is C21H23NO7S. The van der Waals surface area contributed by atoms with E-state index in [1.54, 1.807) is 12.1 Å². The molecule has 0 aromatic heterocycles. The Bertz CT molecular complexity index is 1010. The smallest absolute Gasteiger partial charge is 0.331 e. The van der Waals surface area contributed by atoms with Crippen molar-refractivity contribution >= 4 is 21.7 Å². The Balaban J connectivity index is 2.18. The molecule has 30 heavy (non-hydrogen) atoms. The summed E-state index contributed by atoms with van der Waals surface area (Å²) >= 11 is 0. The molecule has 1 heterocycles. The lowest BCUT2D eigenvalue weighted by molar-refractivity contribution is -0.151. The molecule has 1 fully saturated rings. The first-order valence-corrected chi connectivity index (χ1v) is 10.9. The van der Waals surface area contributed by atoms with E-state index < -0.39 is 33.4 Å². The van der Waals surface area contributed by atoms with Crippen molar-refractivity contribution in [3.63, 3.8) is 0 Å². The highest BCUT2D eigenvalue weighted by molar-refractivity contribution is 7.91. The van der Waals surface area contributed by atoms with E-state index in [0.717, 1.165) is 7.11 Å². The van der Waals surface area contributed by atoms with Gasteiger partial charge in [-0.2, -0.15) is 0 Å². The summed E-state index contributed by atoms with van der Waals surface area (Å²) in [4.78, 5) is 25.0.